The molecule has 5 rings (SSSR count). The van der Waals surface area contributed by atoms with Crippen LogP contribution in [0.1, 0.15) is 138 Å². The van der Waals surface area contributed by atoms with E-state index in [2.05, 4.69) is 66.4 Å². The van der Waals surface area contributed by atoms with E-state index in [1.54, 1.807) is 6.20 Å². The van der Waals surface area contributed by atoms with Crippen LogP contribution in [0.25, 0.3) is 11.1 Å². The standard InChI is InChI=1S/C29H38N2O3.C9H18.H2/c1-8-24(32)29(7)13-11-21(31-17-29)18-9-10-19(28(5,6)16-18)25(33)23-15-22-26(34-23)20(12-14-30-22)27(2,3)4;1-8-4-6-9(2,3)7-5-8;/h11-15,18-19H,8-10,16-17H2,1-7H3;8H,4-7H2,1-3H3;1H. The van der Waals surface area contributed by atoms with Crippen LogP contribution >= 0.6 is 0 Å². The number of carbonyl (C=O) groups is 2. The van der Waals surface area contributed by atoms with Gasteiger partial charge in [-0.3, -0.25) is 19.6 Å². The second-order valence-electron chi connectivity index (χ2n) is 16.4. The summed E-state index contributed by atoms with van der Waals surface area (Å²) < 4.78 is 6.15. The van der Waals surface area contributed by atoms with Crippen LogP contribution in [-0.2, 0) is 10.2 Å². The molecule has 2 aliphatic carbocycles. The van der Waals surface area contributed by atoms with Crippen molar-refractivity contribution in [2.24, 2.45) is 39.0 Å². The Hall–Kier alpha value is -2.56. The van der Waals surface area contributed by atoms with Gasteiger partial charge < -0.3 is 4.42 Å². The van der Waals surface area contributed by atoms with Crippen molar-refractivity contribution in [3.8, 4) is 0 Å². The molecule has 3 heterocycles. The number of allylic oxidation sites excluding steroid dienone is 1. The van der Waals surface area contributed by atoms with Crippen molar-refractivity contribution in [3.05, 3.63) is 41.8 Å². The molecule has 2 saturated carbocycles. The summed E-state index contributed by atoms with van der Waals surface area (Å²) >= 11 is 0. The molecule has 0 aromatic carbocycles. The van der Waals surface area contributed by atoms with Crippen molar-refractivity contribution in [2.45, 2.75) is 126 Å². The Morgan fingerprint density at radius 3 is 2.26 bits per heavy atom. The molecule has 5 nitrogen and oxygen atoms in total. The van der Waals surface area contributed by atoms with E-state index in [1.807, 2.05) is 32.1 Å². The second-order valence-corrected chi connectivity index (χ2v) is 16.4. The number of dihydropyridines is 1. The van der Waals surface area contributed by atoms with Crippen LogP contribution in [-0.4, -0.2) is 28.8 Å². The number of fused-ring (bicyclic) bond motifs is 1. The quantitative estimate of drug-likeness (QED) is 0.325. The molecule has 3 atom stereocenters. The molecule has 5 heteroatoms. The number of Topliss-reactive ketones (excluding diaryl/α,β-unsaturated/α-hetero) is 2. The average Bonchev–Trinajstić information content (AvgIpc) is 3.38. The zero-order chi connectivity index (χ0) is 31.8. The molecule has 0 amide bonds. The molecule has 2 aromatic rings. The lowest BCUT2D eigenvalue weighted by molar-refractivity contribution is -0.124. The number of aromatic nitrogens is 1. The molecular weight excluding hydrogens is 532 g/mol. The van der Waals surface area contributed by atoms with Gasteiger partial charge in [-0.15, -0.1) is 0 Å². The predicted octanol–water partition coefficient (Wildman–Crippen LogP) is 10.2. The van der Waals surface area contributed by atoms with Gasteiger partial charge in [0.2, 0.25) is 5.78 Å². The third-order valence-corrected chi connectivity index (χ3v) is 10.5. The molecule has 3 unspecified atom stereocenters. The second kappa shape index (κ2) is 12.4. The molecule has 43 heavy (non-hydrogen) atoms. The summed E-state index contributed by atoms with van der Waals surface area (Å²) in [5.41, 5.74) is 3.50. The van der Waals surface area contributed by atoms with Crippen molar-refractivity contribution in [3.63, 3.8) is 0 Å². The summed E-state index contributed by atoms with van der Waals surface area (Å²) in [4.78, 5) is 35.2. The number of aliphatic imine (C=N–C) groups is 1. The fourth-order valence-electron chi connectivity index (χ4n) is 7.22. The summed E-state index contributed by atoms with van der Waals surface area (Å²) in [7, 11) is 0. The van der Waals surface area contributed by atoms with Gasteiger partial charge in [0.05, 0.1) is 12.0 Å². The molecule has 0 bridgehead atoms. The highest BCUT2D eigenvalue weighted by molar-refractivity contribution is 6.01. The topological polar surface area (TPSA) is 72.5 Å². The van der Waals surface area contributed by atoms with E-state index in [0.29, 0.717) is 30.1 Å². The van der Waals surface area contributed by atoms with Gasteiger partial charge in [-0.05, 0) is 73.3 Å². The Bertz CT molecular complexity index is 1380. The fourth-order valence-corrected chi connectivity index (χ4v) is 7.22. The number of pyridine rings is 1. The normalized spacial score (nSPS) is 27.3. The summed E-state index contributed by atoms with van der Waals surface area (Å²) in [6.45, 7) is 22.3. The van der Waals surface area contributed by atoms with E-state index in [9.17, 15) is 9.59 Å². The fraction of sp³-hybridized carbons (Fsp3) is 0.684. The smallest absolute Gasteiger partial charge is 0.201 e. The first-order valence-corrected chi connectivity index (χ1v) is 16.7. The number of hydrogen-bond acceptors (Lipinski definition) is 5. The monoisotopic (exact) mass is 590 g/mol. The summed E-state index contributed by atoms with van der Waals surface area (Å²) in [5.74, 6) is 1.92. The lowest BCUT2D eigenvalue weighted by atomic mass is 9.62. The first-order chi connectivity index (χ1) is 20.0. The average molecular weight is 591 g/mol. The molecule has 238 valence electrons. The number of rotatable bonds is 5. The minimum absolute atomic E-state index is 0. The van der Waals surface area contributed by atoms with E-state index in [4.69, 9.17) is 9.41 Å². The van der Waals surface area contributed by atoms with E-state index >= 15 is 0 Å². The van der Waals surface area contributed by atoms with Crippen molar-refractivity contribution < 1.29 is 15.4 Å². The highest BCUT2D eigenvalue weighted by Gasteiger charge is 2.44. The van der Waals surface area contributed by atoms with Crippen molar-refractivity contribution >= 4 is 28.4 Å². The number of furan rings is 1. The van der Waals surface area contributed by atoms with Gasteiger partial charge in [0.1, 0.15) is 11.3 Å². The van der Waals surface area contributed by atoms with Crippen LogP contribution < -0.4 is 0 Å². The molecule has 2 fully saturated rings. The molecule has 1 aliphatic heterocycles. The molecule has 0 radical (unpaired) electrons. The maximum atomic E-state index is 13.6. The number of carbonyl (C=O) groups excluding carboxylic acids is 2. The number of hydrogen-bond donors (Lipinski definition) is 0. The first-order valence-electron chi connectivity index (χ1n) is 16.7. The van der Waals surface area contributed by atoms with Gasteiger partial charge in [0.15, 0.2) is 11.3 Å². The summed E-state index contributed by atoms with van der Waals surface area (Å²) in [6.07, 6.45) is 14.8. The predicted molar refractivity (Wildman–Crippen MR) is 180 cm³/mol. The van der Waals surface area contributed by atoms with E-state index in [1.165, 1.54) is 25.7 Å². The van der Waals surface area contributed by atoms with Crippen LogP contribution in [0.2, 0.25) is 0 Å². The Labute approximate surface area is 261 Å². The molecule has 3 aliphatic rings. The molecule has 0 spiro atoms. The molecule has 2 aromatic heterocycles. The maximum Gasteiger partial charge on any atom is 0.201 e. The van der Waals surface area contributed by atoms with E-state index in [-0.39, 0.29) is 29.7 Å². The minimum atomic E-state index is -0.484. The van der Waals surface area contributed by atoms with Gasteiger partial charge in [-0.25, -0.2) is 0 Å². The maximum absolute atomic E-state index is 13.6. The minimum Gasteiger partial charge on any atom is -0.451 e. The van der Waals surface area contributed by atoms with Crippen LogP contribution in [0.5, 0.6) is 0 Å². The van der Waals surface area contributed by atoms with Gasteiger partial charge in [0, 0.05) is 43.2 Å². The molecule has 0 N–H and O–H groups in total. The zero-order valence-corrected chi connectivity index (χ0v) is 28.6. The summed E-state index contributed by atoms with van der Waals surface area (Å²) in [5, 5.41) is 0. The first kappa shape index (κ1) is 33.3. The Kier molecular flexibility index (Phi) is 9.65. The van der Waals surface area contributed by atoms with Gasteiger partial charge in [-0.2, -0.15) is 0 Å². The summed E-state index contributed by atoms with van der Waals surface area (Å²) in [6, 6.07) is 3.79. The third kappa shape index (κ3) is 7.57. The van der Waals surface area contributed by atoms with Crippen LogP contribution in [0.4, 0.5) is 0 Å². The molecule has 0 saturated heterocycles. The number of ketones is 2. The Morgan fingerprint density at radius 2 is 1.72 bits per heavy atom. The lowest BCUT2D eigenvalue weighted by Crippen LogP contribution is -2.40. The Balaban J connectivity index is 0.000000455. The van der Waals surface area contributed by atoms with Crippen LogP contribution in [0.15, 0.2) is 39.9 Å². The van der Waals surface area contributed by atoms with Crippen molar-refractivity contribution in [2.75, 3.05) is 6.54 Å². The highest BCUT2D eigenvalue weighted by atomic mass is 16.3. The number of nitrogens with zero attached hydrogens (tertiary/aromatic N) is 2. The molecular formula is C38H58N2O3. The van der Waals surface area contributed by atoms with Crippen molar-refractivity contribution in [1.82, 2.24) is 4.98 Å². The van der Waals surface area contributed by atoms with E-state index in [0.717, 1.165) is 47.6 Å². The van der Waals surface area contributed by atoms with Crippen LogP contribution in [0, 0.1) is 34.0 Å². The van der Waals surface area contributed by atoms with Gasteiger partial charge >= 0.3 is 0 Å². The Morgan fingerprint density at radius 1 is 1.05 bits per heavy atom. The third-order valence-electron chi connectivity index (χ3n) is 10.5. The highest BCUT2D eigenvalue weighted by Crippen LogP contribution is 2.46. The zero-order valence-electron chi connectivity index (χ0n) is 28.6. The van der Waals surface area contributed by atoms with Gasteiger partial charge in [0.25, 0.3) is 0 Å². The largest absolute Gasteiger partial charge is 0.451 e. The van der Waals surface area contributed by atoms with Gasteiger partial charge in [-0.1, -0.05) is 81.2 Å². The lowest BCUT2D eigenvalue weighted by Gasteiger charge is -2.42. The van der Waals surface area contributed by atoms with Crippen molar-refractivity contribution in [1.29, 1.82) is 0 Å². The van der Waals surface area contributed by atoms with E-state index < -0.39 is 5.41 Å². The van der Waals surface area contributed by atoms with Crippen LogP contribution in [0.3, 0.4) is 0 Å². The SMILES string of the molecule is CC1CCC(C)(C)CC1.CCC(=O)C1(C)C=CC(C2CCC(C(=O)c3cc4nccc(C(C)(C)C)c4o3)C(C)(C)C2)=NC1.[HH].